The summed E-state index contributed by atoms with van der Waals surface area (Å²) in [6.07, 6.45) is 4.07. The zero-order valence-corrected chi connectivity index (χ0v) is 21.4. The van der Waals surface area contributed by atoms with E-state index in [9.17, 15) is 14.7 Å². The van der Waals surface area contributed by atoms with E-state index in [2.05, 4.69) is 34.5 Å². The minimum atomic E-state index is -1.04. The van der Waals surface area contributed by atoms with E-state index >= 15 is 0 Å². The summed E-state index contributed by atoms with van der Waals surface area (Å²) in [6, 6.07) is 6.76. The summed E-state index contributed by atoms with van der Waals surface area (Å²) in [5, 5.41) is 23.2. The highest BCUT2D eigenvalue weighted by Gasteiger charge is 2.41. The molecule has 0 unspecified atom stereocenters. The Morgan fingerprint density at radius 1 is 1.35 bits per heavy atom. The summed E-state index contributed by atoms with van der Waals surface area (Å²) in [4.78, 5) is 27.7. The summed E-state index contributed by atoms with van der Waals surface area (Å²) in [5.41, 5.74) is 0.411. The van der Waals surface area contributed by atoms with Crippen molar-refractivity contribution in [1.82, 2.24) is 10.2 Å². The average Bonchev–Trinajstić information content (AvgIpc) is 3.35. The number of nitrogens with zero attached hydrogens (tertiary/aromatic N) is 1. The first-order valence-corrected chi connectivity index (χ1v) is 12.7. The van der Waals surface area contributed by atoms with Gasteiger partial charge in [0.2, 0.25) is 11.8 Å². The lowest BCUT2D eigenvalue weighted by Gasteiger charge is -2.41. The molecule has 9 heteroatoms. The fourth-order valence-electron chi connectivity index (χ4n) is 4.27. The van der Waals surface area contributed by atoms with Gasteiger partial charge in [0.15, 0.2) is 0 Å². The molecule has 1 fully saturated rings. The first-order chi connectivity index (χ1) is 16.4. The molecule has 4 atom stereocenters. The lowest BCUT2D eigenvalue weighted by molar-refractivity contribution is -0.140. The minimum absolute atomic E-state index is 0.105. The average molecular weight is 584 g/mol. The third-order valence-electron chi connectivity index (χ3n) is 6.02. The Morgan fingerprint density at radius 3 is 2.82 bits per heavy atom. The molecule has 0 spiro atoms. The molecule has 3 rings (SSSR count). The Kier molecular flexibility index (Phi) is 10.4. The number of nitrogens with one attached hydrogen (secondary N) is 1. The molecule has 1 aromatic rings. The van der Waals surface area contributed by atoms with Crippen molar-refractivity contribution in [1.29, 1.82) is 0 Å². The minimum Gasteiger partial charge on any atom is -0.482 e. The van der Waals surface area contributed by atoms with Crippen LogP contribution in [0.5, 0.6) is 5.75 Å². The van der Waals surface area contributed by atoms with E-state index in [1.807, 2.05) is 18.2 Å². The summed E-state index contributed by atoms with van der Waals surface area (Å²) in [7, 11) is 0. The second-order valence-electron chi connectivity index (χ2n) is 8.45. The Hall–Kier alpha value is -1.95. The lowest BCUT2D eigenvalue weighted by atomic mass is 9.87. The maximum Gasteiger partial charge on any atom is 0.247 e. The van der Waals surface area contributed by atoms with Gasteiger partial charge in [-0.2, -0.15) is 0 Å². The molecule has 8 nitrogen and oxygen atoms in total. The molecule has 186 valence electrons. The summed E-state index contributed by atoms with van der Waals surface area (Å²) < 4.78 is 12.8. The molecule has 34 heavy (non-hydrogen) atoms. The van der Waals surface area contributed by atoms with Gasteiger partial charge < -0.3 is 29.9 Å². The predicted molar refractivity (Wildman–Crippen MR) is 136 cm³/mol. The Balaban J connectivity index is 1.91. The number of benzene rings is 1. The Bertz CT molecular complexity index is 886. The molecule has 1 heterocycles. The van der Waals surface area contributed by atoms with Gasteiger partial charge in [-0.25, -0.2) is 0 Å². The molecule has 1 aromatic carbocycles. The van der Waals surface area contributed by atoms with Crippen LogP contribution in [-0.4, -0.2) is 77.6 Å². The fourth-order valence-corrected chi connectivity index (χ4v) is 4.78. The molecular weight excluding hydrogens is 551 g/mol. The van der Waals surface area contributed by atoms with Crippen LogP contribution in [0.4, 0.5) is 0 Å². The molecule has 1 aliphatic carbocycles. The second-order valence-corrected chi connectivity index (χ2v) is 9.62. The zero-order valence-electron chi connectivity index (χ0n) is 19.2. The number of amides is 2. The highest BCUT2D eigenvalue weighted by molar-refractivity contribution is 14.1. The van der Waals surface area contributed by atoms with Crippen LogP contribution < -0.4 is 10.1 Å². The smallest absolute Gasteiger partial charge is 0.247 e. The van der Waals surface area contributed by atoms with E-state index < -0.39 is 18.2 Å². The van der Waals surface area contributed by atoms with Gasteiger partial charge in [0, 0.05) is 38.1 Å². The van der Waals surface area contributed by atoms with Crippen molar-refractivity contribution in [3.05, 3.63) is 52.1 Å². The largest absolute Gasteiger partial charge is 0.482 e. The van der Waals surface area contributed by atoms with Crippen molar-refractivity contribution in [3.8, 4) is 5.75 Å². The van der Waals surface area contributed by atoms with Crippen LogP contribution in [0.15, 0.2) is 48.6 Å². The van der Waals surface area contributed by atoms with Crippen LogP contribution in [0.2, 0.25) is 0 Å². The van der Waals surface area contributed by atoms with E-state index in [-0.39, 0.29) is 43.9 Å². The van der Waals surface area contributed by atoms with Gasteiger partial charge >= 0.3 is 0 Å². The number of rotatable bonds is 11. The van der Waals surface area contributed by atoms with Crippen LogP contribution in [0, 0.1) is 3.57 Å². The summed E-state index contributed by atoms with van der Waals surface area (Å²) in [6.45, 7) is 4.64. The van der Waals surface area contributed by atoms with Crippen LogP contribution in [-0.2, 0) is 14.3 Å². The summed E-state index contributed by atoms with van der Waals surface area (Å²) in [5.74, 6) is 0.116. The SMILES string of the molecule is C=CCCC(=O)N(C[C@@H]1CCCO1)[C@@H]1CC(C(=O)NCCO)=C[C@H](Oc2ccccc2I)[C@H]1O. The molecule has 0 aromatic heterocycles. The van der Waals surface area contributed by atoms with Crippen molar-refractivity contribution >= 4 is 34.4 Å². The molecule has 1 aliphatic heterocycles. The zero-order chi connectivity index (χ0) is 24.5. The van der Waals surface area contributed by atoms with Crippen LogP contribution in [0.25, 0.3) is 0 Å². The van der Waals surface area contributed by atoms with Crippen molar-refractivity contribution in [2.75, 3.05) is 26.3 Å². The molecule has 0 saturated carbocycles. The number of aliphatic hydroxyl groups excluding tert-OH is 2. The number of aliphatic hydroxyl groups is 2. The summed E-state index contributed by atoms with van der Waals surface area (Å²) >= 11 is 2.15. The third kappa shape index (κ3) is 7.03. The van der Waals surface area contributed by atoms with Crippen molar-refractivity contribution in [3.63, 3.8) is 0 Å². The van der Waals surface area contributed by atoms with Gasteiger partial charge in [-0.15, -0.1) is 6.58 Å². The molecule has 0 radical (unpaired) electrons. The van der Waals surface area contributed by atoms with Crippen molar-refractivity contribution < 1.29 is 29.3 Å². The van der Waals surface area contributed by atoms with E-state index in [1.54, 1.807) is 23.1 Å². The van der Waals surface area contributed by atoms with Gasteiger partial charge in [-0.05, 0) is 60.1 Å². The van der Waals surface area contributed by atoms with Crippen molar-refractivity contribution in [2.45, 2.75) is 56.5 Å². The Morgan fingerprint density at radius 2 is 2.15 bits per heavy atom. The maximum atomic E-state index is 13.2. The fraction of sp³-hybridized carbons (Fsp3) is 0.520. The molecule has 1 saturated heterocycles. The molecular formula is C25H33IN2O6. The second kappa shape index (κ2) is 13.2. The lowest BCUT2D eigenvalue weighted by Crippen LogP contribution is -2.56. The molecule has 0 bridgehead atoms. The van der Waals surface area contributed by atoms with Gasteiger partial charge in [-0.3, -0.25) is 9.59 Å². The third-order valence-corrected chi connectivity index (χ3v) is 6.91. The van der Waals surface area contributed by atoms with E-state index in [0.717, 1.165) is 16.4 Å². The van der Waals surface area contributed by atoms with Crippen LogP contribution in [0.1, 0.15) is 32.1 Å². The standard InChI is InChI=1S/C25H33IN2O6/c1-2-3-10-23(30)28(16-18-7-6-13-33-18)20-14-17(25(32)27-11-12-29)15-22(24(20)31)34-21-9-5-4-8-19(21)26/h2,4-5,8-9,15,18,20,22,24,29,31H,1,3,6-7,10-14,16H2,(H,27,32)/t18-,20+,22-,24-/m0/s1. The topological polar surface area (TPSA) is 108 Å². The number of carbonyl (C=O) groups excluding carboxylic acids is 2. The number of ether oxygens (including phenoxy) is 2. The number of halogens is 1. The van der Waals surface area contributed by atoms with Gasteiger partial charge in [-0.1, -0.05) is 18.2 Å². The molecule has 2 amide bonds. The predicted octanol–water partition coefficient (Wildman–Crippen LogP) is 2.18. The quantitative estimate of drug-likeness (QED) is 0.272. The van der Waals surface area contributed by atoms with E-state index in [4.69, 9.17) is 14.6 Å². The highest BCUT2D eigenvalue weighted by Crippen LogP contribution is 2.30. The number of carbonyl (C=O) groups is 2. The number of hydrogen-bond acceptors (Lipinski definition) is 6. The van der Waals surface area contributed by atoms with Gasteiger partial charge in [0.1, 0.15) is 18.0 Å². The van der Waals surface area contributed by atoms with Gasteiger partial charge in [0.25, 0.3) is 0 Å². The monoisotopic (exact) mass is 584 g/mol. The molecule has 2 aliphatic rings. The number of allylic oxidation sites excluding steroid dienone is 1. The first-order valence-electron chi connectivity index (χ1n) is 11.7. The molecule has 3 N–H and O–H groups in total. The van der Waals surface area contributed by atoms with Crippen LogP contribution >= 0.6 is 22.6 Å². The van der Waals surface area contributed by atoms with E-state index in [1.165, 1.54) is 0 Å². The van der Waals surface area contributed by atoms with E-state index in [0.29, 0.717) is 30.9 Å². The number of hydrogen-bond donors (Lipinski definition) is 3. The highest BCUT2D eigenvalue weighted by atomic mass is 127. The van der Waals surface area contributed by atoms with Crippen LogP contribution in [0.3, 0.4) is 0 Å². The number of para-hydroxylation sites is 1. The first kappa shape index (κ1) is 26.7. The Labute approximate surface area is 214 Å². The van der Waals surface area contributed by atoms with Gasteiger partial charge in [0.05, 0.1) is 22.3 Å². The van der Waals surface area contributed by atoms with Crippen molar-refractivity contribution in [2.24, 2.45) is 0 Å². The normalized spacial score (nSPS) is 24.3. The maximum absolute atomic E-state index is 13.2.